The molecule has 162 valence electrons. The van der Waals surface area contributed by atoms with E-state index in [9.17, 15) is 19.7 Å². The van der Waals surface area contributed by atoms with Gasteiger partial charge < -0.3 is 20.2 Å². The predicted octanol–water partition coefficient (Wildman–Crippen LogP) is 2.72. The van der Waals surface area contributed by atoms with Crippen molar-refractivity contribution in [1.82, 2.24) is 19.6 Å². The van der Waals surface area contributed by atoms with Crippen LogP contribution in [0.1, 0.15) is 41.0 Å². The highest BCUT2D eigenvalue weighted by Gasteiger charge is 2.27. The van der Waals surface area contributed by atoms with Crippen LogP contribution in [0, 0.1) is 17.0 Å². The molecule has 31 heavy (non-hydrogen) atoms. The zero-order chi connectivity index (χ0) is 22.5. The third kappa shape index (κ3) is 4.77. The van der Waals surface area contributed by atoms with E-state index >= 15 is 0 Å². The molecular formula is C20H22N6O5. The zero-order valence-electron chi connectivity index (χ0n) is 17.3. The van der Waals surface area contributed by atoms with Crippen LogP contribution >= 0.6 is 0 Å². The number of esters is 1. The number of nitrogens with zero attached hydrogens (tertiary/aromatic N) is 5. The number of aromatic nitrogens is 4. The smallest absolute Gasteiger partial charge is 0.390 e. The Morgan fingerprint density at radius 3 is 2.71 bits per heavy atom. The van der Waals surface area contributed by atoms with Gasteiger partial charge in [-0.1, -0.05) is 25.1 Å². The lowest BCUT2D eigenvalue weighted by Gasteiger charge is -2.13. The summed E-state index contributed by atoms with van der Waals surface area (Å²) >= 11 is 0. The van der Waals surface area contributed by atoms with Gasteiger partial charge in [0.25, 0.3) is 5.91 Å². The van der Waals surface area contributed by atoms with Crippen LogP contribution < -0.4 is 5.32 Å². The molecule has 0 bridgehead atoms. The Morgan fingerprint density at radius 1 is 1.32 bits per heavy atom. The number of carbonyl (C=O) groups excluding carboxylic acids is 2. The molecule has 2 heterocycles. The van der Waals surface area contributed by atoms with Crippen molar-refractivity contribution in [2.45, 2.75) is 32.9 Å². The van der Waals surface area contributed by atoms with E-state index in [1.54, 1.807) is 42.9 Å². The molecule has 1 amide bonds. The third-order valence-corrected chi connectivity index (χ3v) is 4.74. The maximum Gasteiger partial charge on any atom is 0.390 e. The molecular weight excluding hydrogens is 404 g/mol. The first-order valence-corrected chi connectivity index (χ1v) is 9.54. The van der Waals surface area contributed by atoms with Gasteiger partial charge in [-0.3, -0.25) is 9.48 Å². The van der Waals surface area contributed by atoms with Crippen LogP contribution in [0.15, 0.2) is 42.7 Å². The standard InChI is InChI=1S/C20H22N6O5/c1-4-17(25-13(2)9-18(23-25)26(29)30)19(27)22-15-10-21-24(12-15)11-14-7-5-6-8-16(14)20(28)31-3/h5-10,12,17H,4,11H2,1-3H3,(H,22,27). The molecule has 1 unspecified atom stereocenters. The van der Waals surface area contributed by atoms with E-state index < -0.39 is 16.9 Å². The maximum atomic E-state index is 12.8. The molecule has 0 radical (unpaired) electrons. The summed E-state index contributed by atoms with van der Waals surface area (Å²) in [6, 6.07) is 7.64. The highest BCUT2D eigenvalue weighted by molar-refractivity contribution is 5.93. The van der Waals surface area contributed by atoms with Gasteiger partial charge in [-0.25, -0.2) is 4.79 Å². The molecule has 11 nitrogen and oxygen atoms in total. The predicted molar refractivity (Wildman–Crippen MR) is 111 cm³/mol. The number of nitrogens with one attached hydrogen (secondary N) is 1. The van der Waals surface area contributed by atoms with Crippen LogP contribution in [-0.4, -0.2) is 43.5 Å². The molecule has 0 fully saturated rings. The average Bonchev–Trinajstić information content (AvgIpc) is 3.35. The number of ether oxygens (including phenoxy) is 1. The molecule has 0 aliphatic carbocycles. The molecule has 1 N–H and O–H groups in total. The molecule has 3 aromatic rings. The van der Waals surface area contributed by atoms with Gasteiger partial charge in [-0.15, -0.1) is 0 Å². The normalized spacial score (nSPS) is 11.7. The van der Waals surface area contributed by atoms with Crippen molar-refractivity contribution in [2.24, 2.45) is 0 Å². The number of aryl methyl sites for hydroxylation is 1. The number of carbonyl (C=O) groups is 2. The Kier molecular flexibility index (Phi) is 6.43. The van der Waals surface area contributed by atoms with E-state index in [1.807, 2.05) is 6.07 Å². The second-order valence-electron chi connectivity index (χ2n) is 6.83. The van der Waals surface area contributed by atoms with Crippen LogP contribution in [0.3, 0.4) is 0 Å². The minimum absolute atomic E-state index is 0.305. The Bertz CT molecular complexity index is 1120. The van der Waals surface area contributed by atoms with E-state index in [2.05, 4.69) is 15.5 Å². The van der Waals surface area contributed by atoms with Gasteiger partial charge in [-0.05, 0) is 29.9 Å². The van der Waals surface area contributed by atoms with Crippen molar-refractivity contribution in [2.75, 3.05) is 12.4 Å². The van der Waals surface area contributed by atoms with E-state index in [1.165, 1.54) is 24.1 Å². The topological polar surface area (TPSA) is 134 Å². The molecule has 11 heteroatoms. The number of methoxy groups -OCH3 is 1. The first-order valence-electron chi connectivity index (χ1n) is 9.54. The number of benzene rings is 1. The van der Waals surface area contributed by atoms with Gasteiger partial charge in [0.1, 0.15) is 0 Å². The lowest BCUT2D eigenvalue weighted by molar-refractivity contribution is -0.389. The number of hydrogen-bond acceptors (Lipinski definition) is 7. The largest absolute Gasteiger partial charge is 0.465 e. The summed E-state index contributed by atoms with van der Waals surface area (Å²) in [6.45, 7) is 3.76. The molecule has 1 atom stereocenters. The first-order chi connectivity index (χ1) is 14.8. The Labute approximate surface area is 177 Å². The number of rotatable bonds is 8. The Balaban J connectivity index is 1.74. The highest BCUT2D eigenvalue weighted by Crippen LogP contribution is 2.21. The number of hydrogen-bond donors (Lipinski definition) is 1. The fourth-order valence-electron chi connectivity index (χ4n) is 3.23. The summed E-state index contributed by atoms with van der Waals surface area (Å²) in [7, 11) is 1.32. The summed E-state index contributed by atoms with van der Waals surface area (Å²) in [5, 5.41) is 21.9. The summed E-state index contributed by atoms with van der Waals surface area (Å²) in [5.74, 6) is -1.11. The van der Waals surface area contributed by atoms with Crippen molar-refractivity contribution >= 4 is 23.4 Å². The van der Waals surface area contributed by atoms with Crippen molar-refractivity contribution in [3.63, 3.8) is 0 Å². The second kappa shape index (κ2) is 9.20. The lowest BCUT2D eigenvalue weighted by atomic mass is 10.1. The third-order valence-electron chi connectivity index (χ3n) is 4.74. The van der Waals surface area contributed by atoms with Gasteiger partial charge >= 0.3 is 11.8 Å². The maximum absolute atomic E-state index is 12.8. The van der Waals surface area contributed by atoms with E-state index in [-0.39, 0.29) is 11.7 Å². The molecule has 0 aliphatic heterocycles. The van der Waals surface area contributed by atoms with Gasteiger partial charge in [0.15, 0.2) is 6.04 Å². The monoisotopic (exact) mass is 426 g/mol. The SMILES string of the molecule is CCC(C(=O)Nc1cnn(Cc2ccccc2C(=O)OC)c1)n1nc([N+](=O)[O-])cc1C. The fraction of sp³-hybridized carbons (Fsp3) is 0.300. The minimum Gasteiger partial charge on any atom is -0.465 e. The van der Waals surface area contributed by atoms with Crippen LogP contribution in [0.25, 0.3) is 0 Å². The van der Waals surface area contributed by atoms with E-state index in [4.69, 9.17) is 4.74 Å². The fourth-order valence-corrected chi connectivity index (χ4v) is 3.23. The number of anilines is 1. The van der Waals surface area contributed by atoms with Gasteiger partial charge in [0.2, 0.25) is 0 Å². The molecule has 0 spiro atoms. The number of amides is 1. The van der Waals surface area contributed by atoms with Gasteiger partial charge in [0, 0.05) is 6.20 Å². The van der Waals surface area contributed by atoms with Crippen LogP contribution in [0.4, 0.5) is 11.5 Å². The molecule has 0 saturated heterocycles. The average molecular weight is 426 g/mol. The van der Waals surface area contributed by atoms with Crippen LogP contribution in [0.5, 0.6) is 0 Å². The molecule has 2 aromatic heterocycles. The van der Waals surface area contributed by atoms with Gasteiger partial charge in [0.05, 0.1) is 48.0 Å². The molecule has 0 saturated carbocycles. The molecule has 1 aromatic carbocycles. The minimum atomic E-state index is -0.711. The molecule has 3 rings (SSSR count). The second-order valence-corrected chi connectivity index (χ2v) is 6.83. The molecule has 0 aliphatic rings. The quantitative estimate of drug-likeness (QED) is 0.332. The zero-order valence-corrected chi connectivity index (χ0v) is 17.3. The lowest BCUT2D eigenvalue weighted by Crippen LogP contribution is -2.27. The Hall–Kier alpha value is -4.02. The van der Waals surface area contributed by atoms with Crippen molar-refractivity contribution in [3.8, 4) is 0 Å². The summed E-state index contributed by atoms with van der Waals surface area (Å²) < 4.78 is 7.74. The highest BCUT2D eigenvalue weighted by atomic mass is 16.6. The Morgan fingerprint density at radius 2 is 2.06 bits per heavy atom. The summed E-state index contributed by atoms with van der Waals surface area (Å²) in [6.07, 6.45) is 3.52. The van der Waals surface area contributed by atoms with E-state index in [0.717, 1.165) is 5.56 Å². The van der Waals surface area contributed by atoms with Crippen LogP contribution in [0.2, 0.25) is 0 Å². The van der Waals surface area contributed by atoms with Gasteiger partial charge in [-0.2, -0.15) is 9.78 Å². The summed E-state index contributed by atoms with van der Waals surface area (Å²) in [4.78, 5) is 35.1. The first kappa shape index (κ1) is 21.7. The van der Waals surface area contributed by atoms with Crippen molar-refractivity contribution in [3.05, 3.63) is 69.7 Å². The number of nitro groups is 1. The van der Waals surface area contributed by atoms with Crippen molar-refractivity contribution < 1.29 is 19.2 Å². The van der Waals surface area contributed by atoms with Crippen molar-refractivity contribution in [1.29, 1.82) is 0 Å². The van der Waals surface area contributed by atoms with E-state index in [0.29, 0.717) is 29.9 Å². The summed E-state index contributed by atoms with van der Waals surface area (Å²) in [5.41, 5.74) is 2.14. The van der Waals surface area contributed by atoms with Crippen LogP contribution in [-0.2, 0) is 16.1 Å².